The van der Waals surface area contributed by atoms with Crippen LogP contribution in [0.4, 0.5) is 0 Å². The van der Waals surface area contributed by atoms with Crippen molar-refractivity contribution in [2.45, 2.75) is 31.5 Å². The molecule has 1 saturated heterocycles. The predicted molar refractivity (Wildman–Crippen MR) is 64.9 cm³/mol. The Balaban J connectivity index is 2.28. The standard InChI is InChI=1S/C11H21N3O4/c1-7(10(16)12-3-4-18-2)14-11(17)9-5-8(15)6-13-9/h7-9,13,15H,3-6H2,1-2H3,(H,12,16)(H,14,17). The number of methoxy groups -OCH3 is 1. The summed E-state index contributed by atoms with van der Waals surface area (Å²) < 4.78 is 4.81. The van der Waals surface area contributed by atoms with Crippen LogP contribution in [-0.4, -0.2) is 61.9 Å². The van der Waals surface area contributed by atoms with E-state index in [-0.39, 0.29) is 11.8 Å². The van der Waals surface area contributed by atoms with Crippen LogP contribution < -0.4 is 16.0 Å². The highest BCUT2D eigenvalue weighted by atomic mass is 16.5. The van der Waals surface area contributed by atoms with Crippen LogP contribution >= 0.6 is 0 Å². The molecule has 0 saturated carbocycles. The van der Waals surface area contributed by atoms with Gasteiger partial charge in [0.25, 0.3) is 0 Å². The average molecular weight is 259 g/mol. The summed E-state index contributed by atoms with van der Waals surface area (Å²) in [6, 6.07) is -1.02. The molecule has 0 aromatic heterocycles. The van der Waals surface area contributed by atoms with E-state index in [0.29, 0.717) is 26.1 Å². The van der Waals surface area contributed by atoms with E-state index in [4.69, 9.17) is 4.74 Å². The Morgan fingerprint density at radius 3 is 2.83 bits per heavy atom. The van der Waals surface area contributed by atoms with E-state index in [2.05, 4.69) is 16.0 Å². The fraction of sp³-hybridized carbons (Fsp3) is 0.818. The van der Waals surface area contributed by atoms with Gasteiger partial charge in [0, 0.05) is 20.2 Å². The smallest absolute Gasteiger partial charge is 0.242 e. The number of hydrogen-bond acceptors (Lipinski definition) is 5. The van der Waals surface area contributed by atoms with Gasteiger partial charge >= 0.3 is 0 Å². The van der Waals surface area contributed by atoms with Crippen LogP contribution in [0.2, 0.25) is 0 Å². The maximum atomic E-state index is 11.7. The van der Waals surface area contributed by atoms with Crippen molar-refractivity contribution in [3.8, 4) is 0 Å². The Morgan fingerprint density at radius 2 is 2.28 bits per heavy atom. The quantitative estimate of drug-likeness (QED) is 0.413. The van der Waals surface area contributed by atoms with E-state index in [1.165, 1.54) is 0 Å². The van der Waals surface area contributed by atoms with Gasteiger partial charge in [-0.3, -0.25) is 9.59 Å². The molecule has 7 nitrogen and oxygen atoms in total. The summed E-state index contributed by atoms with van der Waals surface area (Å²) in [6.45, 7) is 2.87. The van der Waals surface area contributed by atoms with Crippen molar-refractivity contribution >= 4 is 11.8 Å². The number of β-amino-alcohol motifs (C(OH)–C–C–N with tert-alkyl or cyclic N) is 1. The Morgan fingerprint density at radius 1 is 1.56 bits per heavy atom. The van der Waals surface area contributed by atoms with Gasteiger partial charge in [0.1, 0.15) is 6.04 Å². The molecular formula is C11H21N3O4. The number of nitrogens with one attached hydrogen (secondary N) is 3. The molecular weight excluding hydrogens is 238 g/mol. The Bertz CT molecular complexity index is 298. The molecule has 0 aromatic carbocycles. The van der Waals surface area contributed by atoms with E-state index in [0.717, 1.165) is 0 Å². The third-order valence-electron chi connectivity index (χ3n) is 2.78. The average Bonchev–Trinajstić information content (AvgIpc) is 2.76. The first-order valence-electron chi connectivity index (χ1n) is 6.03. The summed E-state index contributed by atoms with van der Waals surface area (Å²) in [6.07, 6.45) is -0.115. The van der Waals surface area contributed by atoms with E-state index in [1.807, 2.05) is 0 Å². The van der Waals surface area contributed by atoms with Crippen LogP contribution in [0.1, 0.15) is 13.3 Å². The first-order chi connectivity index (χ1) is 8.54. The number of carbonyl (C=O) groups excluding carboxylic acids is 2. The normalized spacial score (nSPS) is 24.6. The van der Waals surface area contributed by atoms with Crippen molar-refractivity contribution in [1.29, 1.82) is 0 Å². The lowest BCUT2D eigenvalue weighted by Crippen LogP contribution is -2.50. The number of aliphatic hydroxyl groups is 1. The third kappa shape index (κ3) is 4.59. The van der Waals surface area contributed by atoms with Gasteiger partial charge in [0.15, 0.2) is 0 Å². The lowest BCUT2D eigenvalue weighted by atomic mass is 10.2. The molecule has 18 heavy (non-hydrogen) atoms. The molecule has 0 aromatic rings. The number of carbonyl (C=O) groups is 2. The molecule has 2 amide bonds. The third-order valence-corrected chi connectivity index (χ3v) is 2.78. The fourth-order valence-electron chi connectivity index (χ4n) is 1.73. The zero-order valence-electron chi connectivity index (χ0n) is 10.7. The molecule has 0 aliphatic carbocycles. The topological polar surface area (TPSA) is 99.7 Å². The second-order valence-corrected chi connectivity index (χ2v) is 4.36. The first kappa shape index (κ1) is 14.9. The van der Waals surface area contributed by atoms with Gasteiger partial charge in [0.05, 0.1) is 18.8 Å². The molecule has 104 valence electrons. The van der Waals surface area contributed by atoms with Crippen molar-refractivity contribution < 1.29 is 19.4 Å². The summed E-state index contributed by atoms with van der Waals surface area (Å²) in [5.41, 5.74) is 0. The Kier molecular flexibility index (Phi) is 6.03. The second-order valence-electron chi connectivity index (χ2n) is 4.36. The molecule has 1 rings (SSSR count). The molecule has 3 atom stereocenters. The highest BCUT2D eigenvalue weighted by molar-refractivity contribution is 5.89. The van der Waals surface area contributed by atoms with Crippen molar-refractivity contribution in [2.24, 2.45) is 0 Å². The van der Waals surface area contributed by atoms with Crippen LogP contribution in [-0.2, 0) is 14.3 Å². The molecule has 4 N–H and O–H groups in total. The summed E-state index contributed by atoms with van der Waals surface area (Å²) in [4.78, 5) is 23.3. The molecule has 3 unspecified atom stereocenters. The minimum Gasteiger partial charge on any atom is -0.392 e. The minimum atomic E-state index is -0.603. The van der Waals surface area contributed by atoms with Crippen LogP contribution in [0.5, 0.6) is 0 Å². The first-order valence-corrected chi connectivity index (χ1v) is 6.03. The molecule has 1 aliphatic rings. The molecule has 0 radical (unpaired) electrons. The van der Waals surface area contributed by atoms with Crippen molar-refractivity contribution in [1.82, 2.24) is 16.0 Å². The van der Waals surface area contributed by atoms with Gasteiger partial charge in [-0.1, -0.05) is 0 Å². The van der Waals surface area contributed by atoms with E-state index >= 15 is 0 Å². The van der Waals surface area contributed by atoms with E-state index < -0.39 is 18.2 Å². The number of hydrogen-bond donors (Lipinski definition) is 4. The second kappa shape index (κ2) is 7.30. The maximum Gasteiger partial charge on any atom is 0.242 e. The fourth-order valence-corrected chi connectivity index (χ4v) is 1.73. The summed E-state index contributed by atoms with van der Waals surface area (Å²) in [5, 5.41) is 17.4. The van der Waals surface area contributed by atoms with Crippen molar-refractivity contribution in [3.63, 3.8) is 0 Å². The Labute approximate surface area is 106 Å². The molecule has 0 bridgehead atoms. The molecule has 1 aliphatic heterocycles. The zero-order valence-corrected chi connectivity index (χ0v) is 10.7. The molecule has 7 heteroatoms. The summed E-state index contributed by atoms with van der Waals surface area (Å²) in [7, 11) is 1.55. The van der Waals surface area contributed by atoms with Crippen LogP contribution in [0, 0.1) is 0 Å². The van der Waals surface area contributed by atoms with Crippen LogP contribution in [0.3, 0.4) is 0 Å². The van der Waals surface area contributed by atoms with Crippen molar-refractivity contribution in [2.75, 3.05) is 26.8 Å². The van der Waals surface area contributed by atoms with Gasteiger partial charge in [0.2, 0.25) is 11.8 Å². The Hall–Kier alpha value is -1.18. The number of amides is 2. The van der Waals surface area contributed by atoms with Gasteiger partial charge < -0.3 is 25.8 Å². The SMILES string of the molecule is COCCNC(=O)C(C)NC(=O)C1CC(O)CN1. The largest absolute Gasteiger partial charge is 0.392 e. The van der Waals surface area contributed by atoms with Gasteiger partial charge in [-0.2, -0.15) is 0 Å². The molecule has 0 spiro atoms. The van der Waals surface area contributed by atoms with Gasteiger partial charge in [-0.05, 0) is 13.3 Å². The van der Waals surface area contributed by atoms with Crippen molar-refractivity contribution in [3.05, 3.63) is 0 Å². The summed E-state index contributed by atoms with van der Waals surface area (Å²) in [5.74, 6) is -0.514. The number of rotatable bonds is 6. The van der Waals surface area contributed by atoms with E-state index in [1.54, 1.807) is 14.0 Å². The number of aliphatic hydroxyl groups excluding tert-OH is 1. The predicted octanol–water partition coefficient (Wildman–Crippen LogP) is -2.02. The summed E-state index contributed by atoms with van der Waals surface area (Å²) >= 11 is 0. The monoisotopic (exact) mass is 259 g/mol. The van der Waals surface area contributed by atoms with Crippen LogP contribution in [0.25, 0.3) is 0 Å². The highest BCUT2D eigenvalue weighted by Crippen LogP contribution is 2.06. The number of ether oxygens (including phenoxy) is 1. The van der Waals surface area contributed by atoms with Crippen LogP contribution in [0.15, 0.2) is 0 Å². The lowest BCUT2D eigenvalue weighted by Gasteiger charge is -2.16. The van der Waals surface area contributed by atoms with Gasteiger partial charge in [-0.15, -0.1) is 0 Å². The molecule has 1 heterocycles. The highest BCUT2D eigenvalue weighted by Gasteiger charge is 2.29. The van der Waals surface area contributed by atoms with Gasteiger partial charge in [-0.25, -0.2) is 0 Å². The maximum absolute atomic E-state index is 11.7. The minimum absolute atomic E-state index is 0.251. The zero-order chi connectivity index (χ0) is 13.5. The molecule has 1 fully saturated rings. The lowest BCUT2D eigenvalue weighted by molar-refractivity contribution is -0.129. The van der Waals surface area contributed by atoms with E-state index in [9.17, 15) is 14.7 Å².